The zero-order chi connectivity index (χ0) is 12.5. The second-order valence-corrected chi connectivity index (χ2v) is 5.58. The molecule has 2 heterocycles. The minimum atomic E-state index is -0.00570. The molecular weight excluding hydrogens is 316 g/mol. The van der Waals surface area contributed by atoms with Crippen molar-refractivity contribution >= 4 is 33.0 Å². The average molecular weight is 325 g/mol. The normalized spacial score (nSPS) is 13.4. The molecule has 5 heteroatoms. The predicted octanol–water partition coefficient (Wildman–Crippen LogP) is 3.51. The van der Waals surface area contributed by atoms with E-state index in [-0.39, 0.29) is 5.78 Å². The molecular formula is C13H9BrO3S. The van der Waals surface area contributed by atoms with Crippen molar-refractivity contribution in [2.24, 2.45) is 0 Å². The Labute approximate surface area is 116 Å². The van der Waals surface area contributed by atoms with Crippen LogP contribution in [0.25, 0.3) is 0 Å². The molecule has 0 radical (unpaired) electrons. The second-order valence-electron chi connectivity index (χ2n) is 3.78. The fourth-order valence-corrected chi connectivity index (χ4v) is 2.96. The molecule has 1 aliphatic rings. The summed E-state index contributed by atoms with van der Waals surface area (Å²) in [4.78, 5) is 13.0. The van der Waals surface area contributed by atoms with E-state index < -0.39 is 0 Å². The van der Waals surface area contributed by atoms with E-state index in [1.807, 2.05) is 17.5 Å². The van der Waals surface area contributed by atoms with E-state index in [0.29, 0.717) is 35.2 Å². The number of hydrogen-bond donors (Lipinski definition) is 0. The van der Waals surface area contributed by atoms with Crippen LogP contribution in [0, 0.1) is 0 Å². The van der Waals surface area contributed by atoms with E-state index in [9.17, 15) is 4.79 Å². The van der Waals surface area contributed by atoms with Gasteiger partial charge in [0.25, 0.3) is 0 Å². The summed E-state index contributed by atoms with van der Waals surface area (Å²) < 4.78 is 11.7. The van der Waals surface area contributed by atoms with Gasteiger partial charge in [0.2, 0.25) is 5.78 Å². The molecule has 0 unspecified atom stereocenters. The first-order valence-corrected chi connectivity index (χ1v) is 7.10. The maximum absolute atomic E-state index is 12.3. The lowest BCUT2D eigenvalue weighted by molar-refractivity contribution is 0.104. The minimum Gasteiger partial charge on any atom is -0.486 e. The topological polar surface area (TPSA) is 35.5 Å². The van der Waals surface area contributed by atoms with Crippen LogP contribution in [0.5, 0.6) is 11.5 Å². The van der Waals surface area contributed by atoms with Crippen molar-refractivity contribution in [3.8, 4) is 11.5 Å². The Balaban J connectivity index is 2.04. The monoisotopic (exact) mass is 324 g/mol. The summed E-state index contributed by atoms with van der Waals surface area (Å²) in [6.07, 6.45) is 0. The Kier molecular flexibility index (Phi) is 3.09. The highest BCUT2D eigenvalue weighted by molar-refractivity contribution is 9.10. The molecule has 0 bridgehead atoms. The number of halogens is 1. The number of hydrogen-bond acceptors (Lipinski definition) is 4. The van der Waals surface area contributed by atoms with Gasteiger partial charge in [0.05, 0.1) is 4.88 Å². The van der Waals surface area contributed by atoms with Crippen LogP contribution in [0.15, 0.2) is 34.1 Å². The molecule has 3 nitrogen and oxygen atoms in total. The third-order valence-electron chi connectivity index (χ3n) is 2.62. The lowest BCUT2D eigenvalue weighted by atomic mass is 10.1. The molecule has 0 aliphatic carbocycles. The number of ether oxygens (including phenoxy) is 2. The van der Waals surface area contributed by atoms with Gasteiger partial charge in [-0.15, -0.1) is 11.3 Å². The van der Waals surface area contributed by atoms with E-state index in [0.717, 1.165) is 4.47 Å². The maximum atomic E-state index is 12.3. The van der Waals surface area contributed by atoms with E-state index in [1.54, 1.807) is 12.1 Å². The summed E-state index contributed by atoms with van der Waals surface area (Å²) in [5.74, 6) is 1.30. The first-order chi connectivity index (χ1) is 8.75. The van der Waals surface area contributed by atoms with Crippen LogP contribution in [0.4, 0.5) is 0 Å². The summed E-state index contributed by atoms with van der Waals surface area (Å²) >= 11 is 4.84. The Bertz CT molecular complexity index is 593. The Morgan fingerprint density at radius 2 is 1.94 bits per heavy atom. The maximum Gasteiger partial charge on any atom is 0.204 e. The Hall–Kier alpha value is -1.33. The van der Waals surface area contributed by atoms with Crippen molar-refractivity contribution in [3.63, 3.8) is 0 Å². The van der Waals surface area contributed by atoms with Crippen molar-refractivity contribution in [2.75, 3.05) is 13.2 Å². The smallest absolute Gasteiger partial charge is 0.204 e. The van der Waals surface area contributed by atoms with Gasteiger partial charge in [0.15, 0.2) is 11.5 Å². The lowest BCUT2D eigenvalue weighted by Crippen LogP contribution is -2.16. The number of carbonyl (C=O) groups is 1. The van der Waals surface area contributed by atoms with Crippen LogP contribution in [0.3, 0.4) is 0 Å². The molecule has 3 rings (SSSR count). The summed E-state index contributed by atoms with van der Waals surface area (Å²) in [7, 11) is 0. The molecule has 18 heavy (non-hydrogen) atoms. The highest BCUT2D eigenvalue weighted by atomic mass is 79.9. The van der Waals surface area contributed by atoms with Crippen LogP contribution in [-0.2, 0) is 0 Å². The van der Waals surface area contributed by atoms with Gasteiger partial charge in [-0.05, 0) is 39.5 Å². The third-order valence-corrected chi connectivity index (χ3v) is 4.15. The zero-order valence-electron chi connectivity index (χ0n) is 9.31. The molecule has 0 N–H and O–H groups in total. The number of ketones is 1. The number of carbonyl (C=O) groups excluding carboxylic acids is 1. The lowest BCUT2D eigenvalue weighted by Gasteiger charge is -2.19. The van der Waals surface area contributed by atoms with Crippen molar-refractivity contribution in [3.05, 3.63) is 44.6 Å². The molecule has 1 aliphatic heterocycles. The van der Waals surface area contributed by atoms with Crippen LogP contribution in [0.1, 0.15) is 15.2 Å². The van der Waals surface area contributed by atoms with Crippen molar-refractivity contribution in [2.45, 2.75) is 0 Å². The first kappa shape index (κ1) is 11.7. The molecule has 1 aromatic carbocycles. The van der Waals surface area contributed by atoms with Gasteiger partial charge in [-0.1, -0.05) is 6.07 Å². The first-order valence-electron chi connectivity index (χ1n) is 5.43. The Morgan fingerprint density at radius 3 is 2.61 bits per heavy atom. The summed E-state index contributed by atoms with van der Waals surface area (Å²) in [6, 6.07) is 7.20. The SMILES string of the molecule is O=C(c1cccs1)c1cc2c(cc1Br)OCCO2. The number of fused-ring (bicyclic) bond motifs is 1. The average Bonchev–Trinajstić information content (AvgIpc) is 2.91. The molecule has 0 amide bonds. The second kappa shape index (κ2) is 4.74. The molecule has 0 fully saturated rings. The van der Waals surface area contributed by atoms with E-state index in [4.69, 9.17) is 9.47 Å². The van der Waals surface area contributed by atoms with Gasteiger partial charge in [-0.25, -0.2) is 0 Å². The van der Waals surface area contributed by atoms with Crippen LogP contribution in [0.2, 0.25) is 0 Å². The van der Waals surface area contributed by atoms with Crippen molar-refractivity contribution in [1.29, 1.82) is 0 Å². The van der Waals surface area contributed by atoms with Gasteiger partial charge in [-0.2, -0.15) is 0 Å². The largest absolute Gasteiger partial charge is 0.486 e. The summed E-state index contributed by atoms with van der Waals surface area (Å²) in [6.45, 7) is 1.05. The summed E-state index contributed by atoms with van der Waals surface area (Å²) in [5, 5.41) is 1.89. The van der Waals surface area contributed by atoms with Crippen molar-refractivity contribution in [1.82, 2.24) is 0 Å². The predicted molar refractivity (Wildman–Crippen MR) is 72.9 cm³/mol. The van der Waals surface area contributed by atoms with Gasteiger partial charge in [0.1, 0.15) is 13.2 Å². The van der Waals surface area contributed by atoms with Gasteiger partial charge in [-0.3, -0.25) is 4.79 Å². The fraction of sp³-hybridized carbons (Fsp3) is 0.154. The van der Waals surface area contributed by atoms with E-state index >= 15 is 0 Å². The quantitative estimate of drug-likeness (QED) is 0.793. The minimum absolute atomic E-state index is 0.00570. The van der Waals surface area contributed by atoms with Crippen molar-refractivity contribution < 1.29 is 14.3 Å². The fourth-order valence-electron chi connectivity index (χ4n) is 1.78. The standard InChI is InChI=1S/C13H9BrO3S/c14-9-7-11-10(16-3-4-17-11)6-8(9)13(15)12-2-1-5-18-12/h1-2,5-7H,3-4H2. The van der Waals surface area contributed by atoms with Gasteiger partial charge >= 0.3 is 0 Å². The molecule has 0 saturated heterocycles. The van der Waals surface area contributed by atoms with Gasteiger partial charge < -0.3 is 9.47 Å². The van der Waals surface area contributed by atoms with Crippen LogP contribution in [-0.4, -0.2) is 19.0 Å². The van der Waals surface area contributed by atoms with Gasteiger partial charge in [0, 0.05) is 10.0 Å². The zero-order valence-corrected chi connectivity index (χ0v) is 11.7. The Morgan fingerprint density at radius 1 is 1.22 bits per heavy atom. The number of benzene rings is 1. The van der Waals surface area contributed by atoms with Crippen LogP contribution < -0.4 is 9.47 Å². The van der Waals surface area contributed by atoms with E-state index in [1.165, 1.54) is 11.3 Å². The molecule has 2 aromatic rings. The number of thiophene rings is 1. The molecule has 0 spiro atoms. The third kappa shape index (κ3) is 2.04. The molecule has 1 aromatic heterocycles. The number of rotatable bonds is 2. The molecule has 92 valence electrons. The highest BCUT2D eigenvalue weighted by Crippen LogP contribution is 2.36. The molecule has 0 saturated carbocycles. The van der Waals surface area contributed by atoms with Crippen LogP contribution >= 0.6 is 27.3 Å². The summed E-state index contributed by atoms with van der Waals surface area (Å²) in [5.41, 5.74) is 0.599. The van der Waals surface area contributed by atoms with E-state index in [2.05, 4.69) is 15.9 Å². The molecule has 0 atom stereocenters. The highest BCUT2D eigenvalue weighted by Gasteiger charge is 2.20.